The van der Waals surface area contributed by atoms with E-state index in [2.05, 4.69) is 15.8 Å². The molecule has 8 heteroatoms. The fourth-order valence-corrected chi connectivity index (χ4v) is 2.77. The molecule has 0 aliphatic heterocycles. The van der Waals surface area contributed by atoms with Crippen LogP contribution in [0.2, 0.25) is 5.02 Å². The van der Waals surface area contributed by atoms with Gasteiger partial charge in [-0.05, 0) is 73.2 Å². The third-order valence-electron chi connectivity index (χ3n) is 4.26. The van der Waals surface area contributed by atoms with E-state index in [0.717, 1.165) is 5.56 Å². The molecule has 32 heavy (non-hydrogen) atoms. The van der Waals surface area contributed by atoms with Crippen LogP contribution in [0.4, 0.5) is 0 Å². The van der Waals surface area contributed by atoms with Gasteiger partial charge >= 0.3 is 5.97 Å². The van der Waals surface area contributed by atoms with Gasteiger partial charge in [0.05, 0.1) is 18.3 Å². The van der Waals surface area contributed by atoms with E-state index >= 15 is 0 Å². The minimum atomic E-state index is -0.479. The summed E-state index contributed by atoms with van der Waals surface area (Å²) in [7, 11) is 0. The fourth-order valence-electron chi connectivity index (χ4n) is 2.64. The summed E-state index contributed by atoms with van der Waals surface area (Å²) in [6.45, 7) is 1.67. The predicted octanol–water partition coefficient (Wildman–Crippen LogP) is 3.75. The number of benzene rings is 3. The van der Waals surface area contributed by atoms with Crippen molar-refractivity contribution < 1.29 is 19.1 Å². The van der Waals surface area contributed by atoms with Crippen LogP contribution < -0.4 is 15.5 Å². The quantitative estimate of drug-likeness (QED) is 0.248. The molecule has 0 aliphatic rings. The number of aryl methyl sites for hydroxylation is 1. The van der Waals surface area contributed by atoms with Crippen LogP contribution in [0.25, 0.3) is 0 Å². The minimum absolute atomic E-state index is 0.230. The molecule has 0 unspecified atom stereocenters. The number of nitrogens with zero attached hydrogens (tertiary/aromatic N) is 1. The molecule has 2 N–H and O–H groups in total. The Morgan fingerprint density at radius 2 is 1.69 bits per heavy atom. The number of carbonyl (C=O) groups excluding carboxylic acids is 3. The van der Waals surface area contributed by atoms with Crippen molar-refractivity contribution in [2.24, 2.45) is 5.10 Å². The Labute approximate surface area is 190 Å². The molecule has 0 bridgehead atoms. The maximum atomic E-state index is 12.2. The normalized spacial score (nSPS) is 10.6. The van der Waals surface area contributed by atoms with Crippen LogP contribution in [0, 0.1) is 6.92 Å². The molecule has 0 saturated heterocycles. The summed E-state index contributed by atoms with van der Waals surface area (Å²) in [5, 5.41) is 6.86. The number of rotatable bonds is 7. The van der Waals surface area contributed by atoms with E-state index in [1.165, 1.54) is 6.21 Å². The first-order chi connectivity index (χ1) is 15.4. The molecule has 0 radical (unpaired) electrons. The third-order valence-corrected chi connectivity index (χ3v) is 4.52. The second-order valence-electron chi connectivity index (χ2n) is 6.81. The van der Waals surface area contributed by atoms with Gasteiger partial charge in [0, 0.05) is 10.6 Å². The molecule has 0 fully saturated rings. The highest BCUT2D eigenvalue weighted by atomic mass is 35.5. The molecule has 2 amide bonds. The SMILES string of the molecule is Cc1cccc(C(=O)Oc2ccc(/C=N\NC(=O)CNC(=O)c3ccc(Cl)cc3)cc2)c1. The lowest BCUT2D eigenvalue weighted by Crippen LogP contribution is -2.34. The molecule has 0 spiro atoms. The summed E-state index contributed by atoms with van der Waals surface area (Å²) in [5.74, 6) is -0.922. The Hall–Kier alpha value is -3.97. The number of nitrogens with one attached hydrogen (secondary N) is 2. The van der Waals surface area contributed by atoms with E-state index in [9.17, 15) is 14.4 Å². The van der Waals surface area contributed by atoms with Gasteiger partial charge in [-0.1, -0.05) is 29.3 Å². The molecule has 0 aliphatic carbocycles. The number of amides is 2. The van der Waals surface area contributed by atoms with Crippen molar-refractivity contribution in [1.82, 2.24) is 10.7 Å². The Bertz CT molecular complexity index is 1140. The number of hydrogen-bond donors (Lipinski definition) is 2. The summed E-state index contributed by atoms with van der Waals surface area (Å²) < 4.78 is 5.35. The summed E-state index contributed by atoms with van der Waals surface area (Å²) in [5.41, 5.74) is 4.86. The van der Waals surface area contributed by atoms with Crippen LogP contribution in [0.15, 0.2) is 77.9 Å². The molecule has 3 aromatic rings. The second-order valence-corrected chi connectivity index (χ2v) is 7.25. The Balaban J connectivity index is 1.45. The van der Waals surface area contributed by atoms with Crippen molar-refractivity contribution in [3.8, 4) is 5.75 Å². The highest BCUT2D eigenvalue weighted by Crippen LogP contribution is 2.14. The highest BCUT2D eigenvalue weighted by Gasteiger charge is 2.09. The minimum Gasteiger partial charge on any atom is -0.423 e. The third kappa shape index (κ3) is 6.78. The molecule has 162 valence electrons. The molecule has 3 rings (SSSR count). The molecular weight excluding hydrogens is 430 g/mol. The summed E-state index contributed by atoms with van der Waals surface area (Å²) in [4.78, 5) is 36.0. The molecule has 0 saturated carbocycles. The van der Waals surface area contributed by atoms with Gasteiger partial charge < -0.3 is 10.1 Å². The first kappa shape index (κ1) is 22.7. The average molecular weight is 450 g/mol. The number of carbonyl (C=O) groups is 3. The van der Waals surface area contributed by atoms with Crippen LogP contribution in [-0.4, -0.2) is 30.5 Å². The second kappa shape index (κ2) is 10.9. The van der Waals surface area contributed by atoms with Crippen LogP contribution in [0.5, 0.6) is 5.75 Å². The van der Waals surface area contributed by atoms with Crippen molar-refractivity contribution in [2.45, 2.75) is 6.92 Å². The van der Waals surface area contributed by atoms with Crippen LogP contribution in [-0.2, 0) is 4.79 Å². The van der Waals surface area contributed by atoms with Gasteiger partial charge in [0.2, 0.25) is 0 Å². The fraction of sp³-hybridized carbons (Fsp3) is 0.0833. The monoisotopic (exact) mass is 449 g/mol. The summed E-state index contributed by atoms with van der Waals surface area (Å²) >= 11 is 5.78. The lowest BCUT2D eigenvalue weighted by Gasteiger charge is -2.05. The van der Waals surface area contributed by atoms with Crippen molar-refractivity contribution in [2.75, 3.05) is 6.54 Å². The van der Waals surface area contributed by atoms with E-state index in [1.54, 1.807) is 66.7 Å². The van der Waals surface area contributed by atoms with E-state index < -0.39 is 17.8 Å². The van der Waals surface area contributed by atoms with Gasteiger partial charge in [0.25, 0.3) is 11.8 Å². The zero-order valence-electron chi connectivity index (χ0n) is 17.2. The van der Waals surface area contributed by atoms with E-state index in [-0.39, 0.29) is 6.54 Å². The van der Waals surface area contributed by atoms with E-state index in [0.29, 0.717) is 27.5 Å². The number of hydrogen-bond acceptors (Lipinski definition) is 5. The zero-order chi connectivity index (χ0) is 22.9. The van der Waals surface area contributed by atoms with Gasteiger partial charge in [-0.15, -0.1) is 0 Å². The molecular formula is C24H20ClN3O4. The van der Waals surface area contributed by atoms with Crippen LogP contribution >= 0.6 is 11.6 Å². The molecule has 0 heterocycles. The van der Waals surface area contributed by atoms with Gasteiger partial charge in [-0.25, -0.2) is 10.2 Å². The molecule has 0 atom stereocenters. The first-order valence-corrected chi connectivity index (χ1v) is 10.0. The van der Waals surface area contributed by atoms with E-state index in [4.69, 9.17) is 16.3 Å². The maximum Gasteiger partial charge on any atom is 0.343 e. The average Bonchev–Trinajstić information content (AvgIpc) is 2.79. The Morgan fingerprint density at radius 3 is 2.38 bits per heavy atom. The van der Waals surface area contributed by atoms with Crippen molar-refractivity contribution in [1.29, 1.82) is 0 Å². The highest BCUT2D eigenvalue weighted by molar-refractivity contribution is 6.30. The number of ether oxygens (including phenoxy) is 1. The van der Waals surface area contributed by atoms with Crippen LogP contribution in [0.3, 0.4) is 0 Å². The Kier molecular flexibility index (Phi) is 7.72. The molecule has 3 aromatic carbocycles. The van der Waals surface area contributed by atoms with Crippen LogP contribution in [0.1, 0.15) is 31.8 Å². The topological polar surface area (TPSA) is 96.9 Å². The smallest absolute Gasteiger partial charge is 0.343 e. The lowest BCUT2D eigenvalue weighted by molar-refractivity contribution is -0.120. The summed E-state index contributed by atoms with van der Waals surface area (Å²) in [6.07, 6.45) is 1.44. The van der Waals surface area contributed by atoms with Gasteiger partial charge in [0.1, 0.15) is 5.75 Å². The largest absolute Gasteiger partial charge is 0.423 e. The Morgan fingerprint density at radius 1 is 0.969 bits per heavy atom. The number of esters is 1. The molecule has 7 nitrogen and oxygen atoms in total. The standard InChI is InChI=1S/C24H20ClN3O4/c1-16-3-2-4-19(13-16)24(31)32-21-11-5-17(6-12-21)14-27-28-22(29)15-26-23(30)18-7-9-20(25)10-8-18/h2-14H,15H2,1H3,(H,26,30)(H,28,29)/b27-14-. The summed E-state index contributed by atoms with van der Waals surface area (Å²) in [6, 6.07) is 20.1. The number of hydrazone groups is 1. The lowest BCUT2D eigenvalue weighted by atomic mass is 10.1. The van der Waals surface area contributed by atoms with Gasteiger partial charge in [0.15, 0.2) is 0 Å². The zero-order valence-corrected chi connectivity index (χ0v) is 17.9. The first-order valence-electron chi connectivity index (χ1n) is 9.65. The predicted molar refractivity (Wildman–Crippen MR) is 122 cm³/mol. The van der Waals surface area contributed by atoms with Gasteiger partial charge in [-0.2, -0.15) is 5.10 Å². The van der Waals surface area contributed by atoms with Gasteiger partial charge in [-0.3, -0.25) is 9.59 Å². The van der Waals surface area contributed by atoms with Crippen molar-refractivity contribution in [3.05, 3.63) is 100 Å². The van der Waals surface area contributed by atoms with Crippen molar-refractivity contribution >= 4 is 35.6 Å². The van der Waals surface area contributed by atoms with E-state index in [1.807, 2.05) is 13.0 Å². The van der Waals surface area contributed by atoms with Crippen molar-refractivity contribution in [3.63, 3.8) is 0 Å². The number of halogens is 1. The molecule has 0 aromatic heterocycles. The maximum absolute atomic E-state index is 12.2.